The van der Waals surface area contributed by atoms with Gasteiger partial charge in [-0.25, -0.2) is 4.79 Å². The highest BCUT2D eigenvalue weighted by atomic mass is 16.6. The molecule has 1 aromatic carbocycles. The fraction of sp³-hybridized carbons (Fsp3) is 0.579. The van der Waals surface area contributed by atoms with E-state index in [4.69, 9.17) is 4.74 Å². The Balaban J connectivity index is 1.90. The van der Waals surface area contributed by atoms with E-state index in [-0.39, 0.29) is 18.0 Å². The smallest absolute Gasteiger partial charge is 0.410 e. The number of ether oxygens (including phenoxy) is 1. The molecule has 1 saturated heterocycles. The number of rotatable bonds is 3. The van der Waals surface area contributed by atoms with Crippen LogP contribution in [0.25, 0.3) is 0 Å². The second kappa shape index (κ2) is 7.76. The molecule has 0 spiro atoms. The fourth-order valence-electron chi connectivity index (χ4n) is 2.64. The highest BCUT2D eigenvalue weighted by molar-refractivity contribution is 5.94. The van der Waals surface area contributed by atoms with Gasteiger partial charge in [0.05, 0.1) is 0 Å². The third-order valence-electron chi connectivity index (χ3n) is 3.85. The molecule has 0 aliphatic carbocycles. The largest absolute Gasteiger partial charge is 0.444 e. The van der Waals surface area contributed by atoms with Gasteiger partial charge in [0, 0.05) is 43.5 Å². The molecule has 0 radical (unpaired) electrons. The van der Waals surface area contributed by atoms with Gasteiger partial charge in [-0.15, -0.1) is 0 Å². The highest BCUT2D eigenvalue weighted by Crippen LogP contribution is 2.19. The summed E-state index contributed by atoms with van der Waals surface area (Å²) >= 11 is 0. The van der Waals surface area contributed by atoms with Crippen LogP contribution < -0.4 is 10.2 Å². The predicted octanol–water partition coefficient (Wildman–Crippen LogP) is 2.88. The quantitative estimate of drug-likeness (QED) is 0.913. The lowest BCUT2D eigenvalue weighted by molar-refractivity contribution is 0.0240. The molecule has 1 heterocycles. The third-order valence-corrected chi connectivity index (χ3v) is 3.85. The van der Waals surface area contributed by atoms with E-state index in [1.54, 1.807) is 4.90 Å². The second-order valence-electron chi connectivity index (χ2n) is 7.63. The number of carbonyl (C=O) groups is 2. The maximum Gasteiger partial charge on any atom is 0.410 e. The first-order valence-electron chi connectivity index (χ1n) is 8.79. The lowest BCUT2D eigenvalue weighted by Gasteiger charge is -2.36. The fourth-order valence-corrected chi connectivity index (χ4v) is 2.64. The minimum atomic E-state index is -0.472. The Morgan fingerprint density at radius 2 is 1.60 bits per heavy atom. The Hall–Kier alpha value is -2.24. The maximum atomic E-state index is 12.1. The standard InChI is InChI=1S/C19H29N3O3/c1-14(2)20-17(23)15-6-8-16(9-7-15)21-10-12-22(13-11-21)18(24)25-19(3,4)5/h6-9,14H,10-13H2,1-5H3,(H,20,23). The van der Waals surface area contributed by atoms with E-state index >= 15 is 0 Å². The Kier molecular flexibility index (Phi) is 5.93. The molecule has 0 bridgehead atoms. The van der Waals surface area contributed by atoms with Crippen LogP contribution in [0, 0.1) is 0 Å². The molecule has 1 aromatic rings. The number of hydrogen-bond donors (Lipinski definition) is 1. The zero-order chi connectivity index (χ0) is 18.6. The summed E-state index contributed by atoms with van der Waals surface area (Å²) in [4.78, 5) is 28.1. The van der Waals surface area contributed by atoms with E-state index < -0.39 is 5.60 Å². The number of nitrogens with zero attached hydrogens (tertiary/aromatic N) is 2. The van der Waals surface area contributed by atoms with Crippen LogP contribution in [0.4, 0.5) is 10.5 Å². The number of piperazine rings is 1. The number of carbonyl (C=O) groups excluding carboxylic acids is 2. The van der Waals surface area contributed by atoms with Gasteiger partial charge in [-0.2, -0.15) is 0 Å². The molecule has 25 heavy (non-hydrogen) atoms. The van der Waals surface area contributed by atoms with Crippen molar-refractivity contribution in [3.05, 3.63) is 29.8 Å². The molecule has 1 N–H and O–H groups in total. The summed E-state index contributed by atoms with van der Waals surface area (Å²) in [7, 11) is 0. The van der Waals surface area contributed by atoms with Crippen LogP contribution in [0.5, 0.6) is 0 Å². The summed E-state index contributed by atoms with van der Waals surface area (Å²) < 4.78 is 5.42. The van der Waals surface area contributed by atoms with Crippen molar-refractivity contribution in [3.63, 3.8) is 0 Å². The van der Waals surface area contributed by atoms with Gasteiger partial charge in [-0.3, -0.25) is 4.79 Å². The van der Waals surface area contributed by atoms with Crippen LogP contribution in [0.1, 0.15) is 45.0 Å². The normalized spacial score (nSPS) is 15.3. The van der Waals surface area contributed by atoms with Crippen LogP contribution in [-0.2, 0) is 4.74 Å². The van der Waals surface area contributed by atoms with E-state index in [0.29, 0.717) is 18.7 Å². The molecule has 1 fully saturated rings. The van der Waals surface area contributed by atoms with Crippen LogP contribution in [-0.4, -0.2) is 54.7 Å². The molecule has 0 saturated carbocycles. The van der Waals surface area contributed by atoms with Crippen LogP contribution in [0.2, 0.25) is 0 Å². The van der Waals surface area contributed by atoms with Gasteiger partial charge in [0.25, 0.3) is 5.91 Å². The van der Waals surface area contributed by atoms with Gasteiger partial charge in [0.1, 0.15) is 5.60 Å². The zero-order valence-corrected chi connectivity index (χ0v) is 15.8. The molecule has 2 rings (SSSR count). The summed E-state index contributed by atoms with van der Waals surface area (Å²) in [6, 6.07) is 7.71. The lowest BCUT2D eigenvalue weighted by Crippen LogP contribution is -2.50. The topological polar surface area (TPSA) is 61.9 Å². The van der Waals surface area contributed by atoms with Crippen LogP contribution in [0.15, 0.2) is 24.3 Å². The van der Waals surface area contributed by atoms with Crippen molar-refractivity contribution in [1.82, 2.24) is 10.2 Å². The van der Waals surface area contributed by atoms with Gasteiger partial charge < -0.3 is 19.9 Å². The average Bonchev–Trinajstić information content (AvgIpc) is 2.53. The second-order valence-corrected chi connectivity index (χ2v) is 7.63. The minimum absolute atomic E-state index is 0.0590. The molecule has 0 aromatic heterocycles. The summed E-state index contributed by atoms with van der Waals surface area (Å²) in [5, 5.41) is 2.88. The molecule has 6 heteroatoms. The molecule has 0 unspecified atom stereocenters. The van der Waals surface area contributed by atoms with Crippen molar-refractivity contribution in [2.45, 2.75) is 46.3 Å². The first kappa shape index (κ1) is 19.1. The van der Waals surface area contributed by atoms with E-state index in [9.17, 15) is 9.59 Å². The summed E-state index contributed by atoms with van der Waals surface area (Å²) in [6.45, 7) is 12.3. The molecular formula is C19H29N3O3. The lowest BCUT2D eigenvalue weighted by atomic mass is 10.1. The van der Waals surface area contributed by atoms with Crippen LogP contribution >= 0.6 is 0 Å². The first-order chi connectivity index (χ1) is 11.7. The van der Waals surface area contributed by atoms with Gasteiger partial charge in [0.2, 0.25) is 0 Å². The molecule has 1 aliphatic rings. The number of hydrogen-bond acceptors (Lipinski definition) is 4. The summed E-state index contributed by atoms with van der Waals surface area (Å²) in [5.41, 5.74) is 1.25. The molecule has 6 nitrogen and oxygen atoms in total. The van der Waals surface area contributed by atoms with Crippen molar-refractivity contribution in [2.24, 2.45) is 0 Å². The van der Waals surface area contributed by atoms with Gasteiger partial charge in [0.15, 0.2) is 0 Å². The predicted molar refractivity (Wildman–Crippen MR) is 99.1 cm³/mol. The number of benzene rings is 1. The SMILES string of the molecule is CC(C)NC(=O)c1ccc(N2CCN(C(=O)OC(C)(C)C)CC2)cc1. The van der Waals surface area contributed by atoms with E-state index in [1.165, 1.54) is 0 Å². The Morgan fingerprint density at radius 3 is 2.08 bits per heavy atom. The van der Waals surface area contributed by atoms with E-state index in [2.05, 4.69) is 10.2 Å². The summed E-state index contributed by atoms with van der Waals surface area (Å²) in [5.74, 6) is -0.0590. The molecule has 1 aliphatic heterocycles. The Labute approximate surface area is 150 Å². The summed E-state index contributed by atoms with van der Waals surface area (Å²) in [6.07, 6.45) is -0.257. The third kappa shape index (κ3) is 5.66. The van der Waals surface area contributed by atoms with E-state index in [1.807, 2.05) is 58.9 Å². The van der Waals surface area contributed by atoms with Crippen molar-refractivity contribution in [3.8, 4) is 0 Å². The van der Waals surface area contributed by atoms with Gasteiger partial charge >= 0.3 is 6.09 Å². The van der Waals surface area contributed by atoms with Crippen LogP contribution in [0.3, 0.4) is 0 Å². The van der Waals surface area contributed by atoms with Gasteiger partial charge in [-0.05, 0) is 58.9 Å². The number of nitrogens with one attached hydrogen (secondary N) is 1. The Bertz CT molecular complexity index is 597. The first-order valence-corrected chi connectivity index (χ1v) is 8.79. The molecular weight excluding hydrogens is 318 g/mol. The maximum absolute atomic E-state index is 12.1. The molecule has 2 amide bonds. The molecule has 0 atom stereocenters. The minimum Gasteiger partial charge on any atom is -0.444 e. The van der Waals surface area contributed by atoms with Crippen molar-refractivity contribution in [2.75, 3.05) is 31.1 Å². The van der Waals surface area contributed by atoms with Crippen molar-refractivity contribution >= 4 is 17.7 Å². The van der Waals surface area contributed by atoms with Gasteiger partial charge in [-0.1, -0.05) is 0 Å². The molecule has 138 valence electrons. The monoisotopic (exact) mass is 347 g/mol. The van der Waals surface area contributed by atoms with Crippen molar-refractivity contribution in [1.29, 1.82) is 0 Å². The Morgan fingerprint density at radius 1 is 1.04 bits per heavy atom. The van der Waals surface area contributed by atoms with E-state index in [0.717, 1.165) is 18.8 Å². The zero-order valence-electron chi connectivity index (χ0n) is 15.8. The van der Waals surface area contributed by atoms with Crippen molar-refractivity contribution < 1.29 is 14.3 Å². The highest BCUT2D eigenvalue weighted by Gasteiger charge is 2.26. The number of anilines is 1. The average molecular weight is 347 g/mol. The number of amides is 2.